The van der Waals surface area contributed by atoms with Crippen LogP contribution >= 0.6 is 0 Å². The molecule has 136 valence electrons. The summed E-state index contributed by atoms with van der Waals surface area (Å²) < 4.78 is 13.6. The summed E-state index contributed by atoms with van der Waals surface area (Å²) in [7, 11) is 0. The van der Waals surface area contributed by atoms with Crippen molar-refractivity contribution in [3.63, 3.8) is 0 Å². The van der Waals surface area contributed by atoms with Gasteiger partial charge in [-0.2, -0.15) is 0 Å². The molecule has 0 bridgehead atoms. The molecule has 0 spiro atoms. The highest BCUT2D eigenvalue weighted by Crippen LogP contribution is 2.30. The van der Waals surface area contributed by atoms with Crippen LogP contribution in [0.4, 0.5) is 10.1 Å². The second kappa shape index (κ2) is 8.56. The number of para-hydroxylation sites is 1. The maximum absolute atomic E-state index is 13.6. The lowest BCUT2D eigenvalue weighted by Gasteiger charge is -2.27. The highest BCUT2D eigenvalue weighted by molar-refractivity contribution is 5.92. The summed E-state index contributed by atoms with van der Waals surface area (Å²) in [4.78, 5) is 28.6. The summed E-state index contributed by atoms with van der Waals surface area (Å²) in [6, 6.07) is 9.86. The van der Waals surface area contributed by atoms with E-state index in [2.05, 4.69) is 15.6 Å². The van der Waals surface area contributed by atoms with Crippen LogP contribution in [0.1, 0.15) is 31.2 Å². The van der Waals surface area contributed by atoms with Crippen LogP contribution in [-0.2, 0) is 16.1 Å². The molecule has 2 N–H and O–H groups in total. The van der Waals surface area contributed by atoms with Gasteiger partial charge in [-0.15, -0.1) is 0 Å². The Morgan fingerprint density at radius 3 is 2.23 bits per heavy atom. The minimum absolute atomic E-state index is 0.0229. The fourth-order valence-electron chi connectivity index (χ4n) is 3.25. The van der Waals surface area contributed by atoms with E-state index in [0.717, 1.165) is 5.56 Å². The molecule has 1 aliphatic carbocycles. The number of nitrogens with one attached hydrogen (secondary N) is 2. The highest BCUT2D eigenvalue weighted by Gasteiger charge is 2.30. The van der Waals surface area contributed by atoms with Gasteiger partial charge in [-0.05, 0) is 55.5 Å². The van der Waals surface area contributed by atoms with Crippen molar-refractivity contribution in [3.05, 3.63) is 60.2 Å². The lowest BCUT2D eigenvalue weighted by Crippen LogP contribution is -2.35. The molecule has 1 heterocycles. The summed E-state index contributed by atoms with van der Waals surface area (Å²) in [5, 5.41) is 5.59. The number of carbonyl (C=O) groups is 2. The molecule has 1 aliphatic rings. The Balaban J connectivity index is 1.45. The number of aromatic nitrogens is 1. The zero-order valence-electron chi connectivity index (χ0n) is 14.5. The van der Waals surface area contributed by atoms with E-state index in [1.54, 1.807) is 30.6 Å². The van der Waals surface area contributed by atoms with Gasteiger partial charge in [-0.3, -0.25) is 14.6 Å². The number of anilines is 1. The first-order valence-corrected chi connectivity index (χ1v) is 8.85. The van der Waals surface area contributed by atoms with E-state index in [9.17, 15) is 14.0 Å². The molecule has 2 aromatic rings. The SMILES string of the molecule is O=C(NCc1ccncc1)C1CCC(C(=O)Nc2ccccc2F)CC1. The fourth-order valence-corrected chi connectivity index (χ4v) is 3.25. The fraction of sp³-hybridized carbons (Fsp3) is 0.350. The standard InChI is InChI=1S/C20H22FN3O2/c21-17-3-1-2-4-18(17)24-20(26)16-7-5-15(6-8-16)19(25)23-13-14-9-11-22-12-10-14/h1-4,9-12,15-16H,5-8,13H2,(H,23,25)(H,24,26). The van der Waals surface area contributed by atoms with E-state index in [1.807, 2.05) is 12.1 Å². The zero-order valence-corrected chi connectivity index (χ0v) is 14.5. The van der Waals surface area contributed by atoms with Crippen LogP contribution in [0.5, 0.6) is 0 Å². The maximum atomic E-state index is 13.6. The molecule has 1 aromatic heterocycles. The topological polar surface area (TPSA) is 71.1 Å². The molecule has 0 radical (unpaired) electrons. The number of rotatable bonds is 5. The summed E-state index contributed by atoms with van der Waals surface area (Å²) in [5.41, 5.74) is 1.21. The van der Waals surface area contributed by atoms with Crippen LogP contribution in [0.3, 0.4) is 0 Å². The maximum Gasteiger partial charge on any atom is 0.227 e. The van der Waals surface area contributed by atoms with Crippen molar-refractivity contribution in [3.8, 4) is 0 Å². The molecule has 6 heteroatoms. The smallest absolute Gasteiger partial charge is 0.227 e. The molecule has 1 saturated carbocycles. The second-order valence-electron chi connectivity index (χ2n) is 6.59. The van der Waals surface area contributed by atoms with Crippen molar-refractivity contribution in [2.45, 2.75) is 32.2 Å². The summed E-state index contributed by atoms with van der Waals surface area (Å²) >= 11 is 0. The Kier molecular flexibility index (Phi) is 5.94. The van der Waals surface area contributed by atoms with Crippen LogP contribution in [0.25, 0.3) is 0 Å². The molecule has 0 aliphatic heterocycles. The molecule has 0 unspecified atom stereocenters. The minimum atomic E-state index is -0.440. The minimum Gasteiger partial charge on any atom is -0.352 e. The molecular weight excluding hydrogens is 333 g/mol. The van der Waals surface area contributed by atoms with Gasteiger partial charge in [-0.1, -0.05) is 12.1 Å². The number of carbonyl (C=O) groups excluding carboxylic acids is 2. The third kappa shape index (κ3) is 4.65. The van der Waals surface area contributed by atoms with Crippen molar-refractivity contribution < 1.29 is 14.0 Å². The van der Waals surface area contributed by atoms with Gasteiger partial charge in [0.05, 0.1) is 5.69 Å². The van der Waals surface area contributed by atoms with E-state index < -0.39 is 5.82 Å². The van der Waals surface area contributed by atoms with Crippen molar-refractivity contribution >= 4 is 17.5 Å². The predicted molar refractivity (Wildman–Crippen MR) is 96.6 cm³/mol. The Hall–Kier alpha value is -2.76. The molecule has 3 rings (SSSR count). The Bertz CT molecular complexity index is 759. The molecule has 0 saturated heterocycles. The first-order chi connectivity index (χ1) is 12.6. The first kappa shape index (κ1) is 18.0. The lowest BCUT2D eigenvalue weighted by molar-refractivity contribution is -0.128. The van der Waals surface area contributed by atoms with Gasteiger partial charge in [0.25, 0.3) is 0 Å². The average Bonchev–Trinajstić information content (AvgIpc) is 2.69. The molecule has 5 nitrogen and oxygen atoms in total. The van der Waals surface area contributed by atoms with E-state index in [-0.39, 0.29) is 29.3 Å². The van der Waals surface area contributed by atoms with Gasteiger partial charge in [0, 0.05) is 30.8 Å². The lowest BCUT2D eigenvalue weighted by atomic mass is 9.81. The normalized spacial score (nSPS) is 19.6. The molecule has 1 aromatic carbocycles. The van der Waals surface area contributed by atoms with Crippen LogP contribution in [0.2, 0.25) is 0 Å². The monoisotopic (exact) mass is 355 g/mol. The third-order valence-corrected chi connectivity index (χ3v) is 4.82. The third-order valence-electron chi connectivity index (χ3n) is 4.82. The Morgan fingerprint density at radius 2 is 1.58 bits per heavy atom. The van der Waals surface area contributed by atoms with E-state index in [4.69, 9.17) is 0 Å². The number of nitrogens with zero attached hydrogens (tertiary/aromatic N) is 1. The summed E-state index contributed by atoms with van der Waals surface area (Å²) in [6.45, 7) is 0.481. The second-order valence-corrected chi connectivity index (χ2v) is 6.59. The van der Waals surface area contributed by atoms with Gasteiger partial charge < -0.3 is 10.6 Å². The first-order valence-electron chi connectivity index (χ1n) is 8.85. The zero-order chi connectivity index (χ0) is 18.4. The van der Waals surface area contributed by atoms with Gasteiger partial charge in [-0.25, -0.2) is 4.39 Å². The number of hydrogen-bond acceptors (Lipinski definition) is 3. The quantitative estimate of drug-likeness (QED) is 0.865. The molecule has 0 atom stereocenters. The predicted octanol–water partition coefficient (Wildman–Crippen LogP) is 3.28. The van der Waals surface area contributed by atoms with Crippen molar-refractivity contribution in [1.82, 2.24) is 10.3 Å². The number of hydrogen-bond donors (Lipinski definition) is 2. The average molecular weight is 355 g/mol. The van der Waals surface area contributed by atoms with Crippen LogP contribution in [0.15, 0.2) is 48.8 Å². The van der Waals surface area contributed by atoms with Gasteiger partial charge in [0.1, 0.15) is 5.82 Å². The Morgan fingerprint density at radius 1 is 0.962 bits per heavy atom. The molecule has 2 amide bonds. The number of halogens is 1. The Labute approximate surface area is 152 Å². The molecular formula is C20H22FN3O2. The number of pyridine rings is 1. The molecule has 1 fully saturated rings. The van der Waals surface area contributed by atoms with E-state index in [0.29, 0.717) is 32.2 Å². The highest BCUT2D eigenvalue weighted by atomic mass is 19.1. The van der Waals surface area contributed by atoms with Gasteiger partial charge >= 0.3 is 0 Å². The van der Waals surface area contributed by atoms with Crippen molar-refractivity contribution in [1.29, 1.82) is 0 Å². The van der Waals surface area contributed by atoms with Gasteiger partial charge in [0.2, 0.25) is 11.8 Å². The number of benzene rings is 1. The van der Waals surface area contributed by atoms with E-state index in [1.165, 1.54) is 6.07 Å². The largest absolute Gasteiger partial charge is 0.352 e. The van der Waals surface area contributed by atoms with E-state index >= 15 is 0 Å². The molecule has 26 heavy (non-hydrogen) atoms. The van der Waals surface area contributed by atoms with Crippen molar-refractivity contribution in [2.24, 2.45) is 11.8 Å². The summed E-state index contributed by atoms with van der Waals surface area (Å²) in [6.07, 6.45) is 5.98. The number of amides is 2. The van der Waals surface area contributed by atoms with Crippen LogP contribution < -0.4 is 10.6 Å². The van der Waals surface area contributed by atoms with Crippen molar-refractivity contribution in [2.75, 3.05) is 5.32 Å². The van der Waals surface area contributed by atoms with Gasteiger partial charge in [0.15, 0.2) is 0 Å². The van der Waals surface area contributed by atoms with Crippen LogP contribution in [0, 0.1) is 17.7 Å². The van der Waals surface area contributed by atoms with Crippen LogP contribution in [-0.4, -0.2) is 16.8 Å². The summed E-state index contributed by atoms with van der Waals surface area (Å²) in [5.74, 6) is -0.848.